The van der Waals surface area contributed by atoms with Crippen molar-refractivity contribution in [1.29, 1.82) is 0 Å². The lowest BCUT2D eigenvalue weighted by Gasteiger charge is -2.04. The molecule has 0 fully saturated rings. The molecule has 1 heterocycles. The van der Waals surface area contributed by atoms with Gasteiger partial charge in [0.1, 0.15) is 0 Å². The van der Waals surface area contributed by atoms with Crippen molar-refractivity contribution in [3.8, 4) is 0 Å². The summed E-state index contributed by atoms with van der Waals surface area (Å²) in [6.07, 6.45) is 3.12. The standard InChI is InChI=1S/C19H16N6O/c26-19(25-21-14-18-8-4-5-13-20-18)22-15-9-11-17(12-10-15)24-23-16-6-2-1-3-7-16/h1-14H,(H2,22,25,26)/b21-14+,24-23?. The highest BCUT2D eigenvalue weighted by Crippen LogP contribution is 2.19. The average molecular weight is 344 g/mol. The Morgan fingerprint density at radius 1 is 0.846 bits per heavy atom. The largest absolute Gasteiger partial charge is 0.339 e. The Labute approximate surface area is 150 Å². The summed E-state index contributed by atoms with van der Waals surface area (Å²) in [6, 6.07) is 21.4. The number of anilines is 1. The third kappa shape index (κ3) is 5.34. The second-order valence-electron chi connectivity index (χ2n) is 5.16. The van der Waals surface area contributed by atoms with E-state index in [-0.39, 0.29) is 0 Å². The molecule has 1 aromatic heterocycles. The Bertz CT molecular complexity index is 892. The molecular formula is C19H16N6O. The second kappa shape index (κ2) is 8.84. The maximum absolute atomic E-state index is 11.8. The zero-order valence-corrected chi connectivity index (χ0v) is 13.8. The van der Waals surface area contributed by atoms with E-state index in [1.807, 2.05) is 36.4 Å². The van der Waals surface area contributed by atoms with Crippen molar-refractivity contribution in [2.45, 2.75) is 0 Å². The number of rotatable bonds is 5. The van der Waals surface area contributed by atoms with Crippen LogP contribution in [0.3, 0.4) is 0 Å². The van der Waals surface area contributed by atoms with Gasteiger partial charge in [0.2, 0.25) is 0 Å². The van der Waals surface area contributed by atoms with Crippen molar-refractivity contribution in [3.05, 3.63) is 84.7 Å². The van der Waals surface area contributed by atoms with Crippen molar-refractivity contribution < 1.29 is 4.79 Å². The van der Waals surface area contributed by atoms with Gasteiger partial charge in [0.15, 0.2) is 0 Å². The Kier molecular flexibility index (Phi) is 5.77. The third-order valence-corrected chi connectivity index (χ3v) is 3.21. The minimum Gasteiger partial charge on any atom is -0.307 e. The van der Waals surface area contributed by atoms with Crippen molar-refractivity contribution >= 4 is 29.3 Å². The number of aromatic nitrogens is 1. The van der Waals surface area contributed by atoms with Gasteiger partial charge in [-0.05, 0) is 48.5 Å². The summed E-state index contributed by atoms with van der Waals surface area (Å²) >= 11 is 0. The Morgan fingerprint density at radius 2 is 1.54 bits per heavy atom. The van der Waals surface area contributed by atoms with Gasteiger partial charge in [0.05, 0.1) is 23.3 Å². The summed E-state index contributed by atoms with van der Waals surface area (Å²) in [5.41, 5.74) is 5.12. The minimum absolute atomic E-state index is 0.448. The van der Waals surface area contributed by atoms with E-state index in [1.165, 1.54) is 6.21 Å². The summed E-state index contributed by atoms with van der Waals surface area (Å²) in [7, 11) is 0. The monoisotopic (exact) mass is 344 g/mol. The SMILES string of the molecule is O=C(N/N=C/c1ccccn1)Nc1ccc(N=Nc2ccccc2)cc1. The Morgan fingerprint density at radius 3 is 2.23 bits per heavy atom. The number of benzene rings is 2. The lowest BCUT2D eigenvalue weighted by molar-refractivity contribution is 0.252. The van der Waals surface area contributed by atoms with Crippen LogP contribution in [0, 0.1) is 0 Å². The van der Waals surface area contributed by atoms with E-state index in [4.69, 9.17) is 0 Å². The van der Waals surface area contributed by atoms with Crippen LogP contribution in [0.1, 0.15) is 5.69 Å². The molecule has 0 spiro atoms. The van der Waals surface area contributed by atoms with Gasteiger partial charge in [-0.25, -0.2) is 10.2 Å². The van der Waals surface area contributed by atoms with Crippen molar-refractivity contribution in [1.82, 2.24) is 10.4 Å². The number of nitrogens with one attached hydrogen (secondary N) is 2. The van der Waals surface area contributed by atoms with E-state index in [0.29, 0.717) is 17.1 Å². The molecule has 26 heavy (non-hydrogen) atoms. The summed E-state index contributed by atoms with van der Waals surface area (Å²) in [5.74, 6) is 0. The number of hydrazone groups is 1. The number of carbonyl (C=O) groups excluding carboxylic acids is 1. The van der Waals surface area contributed by atoms with Gasteiger partial charge >= 0.3 is 6.03 Å². The fraction of sp³-hybridized carbons (Fsp3) is 0. The summed E-state index contributed by atoms with van der Waals surface area (Å²) in [5, 5.41) is 14.8. The zero-order valence-electron chi connectivity index (χ0n) is 13.8. The first kappa shape index (κ1) is 17.0. The Hall–Kier alpha value is -3.87. The summed E-state index contributed by atoms with van der Waals surface area (Å²) < 4.78 is 0. The maximum Gasteiger partial charge on any atom is 0.339 e. The summed E-state index contributed by atoms with van der Waals surface area (Å²) in [6.45, 7) is 0. The van der Waals surface area contributed by atoms with Gasteiger partial charge < -0.3 is 5.32 Å². The van der Waals surface area contributed by atoms with Gasteiger partial charge in [-0.15, -0.1) is 0 Å². The highest BCUT2D eigenvalue weighted by molar-refractivity contribution is 5.90. The molecule has 2 aromatic carbocycles. The molecule has 0 aliphatic heterocycles. The average Bonchev–Trinajstić information content (AvgIpc) is 2.69. The lowest BCUT2D eigenvalue weighted by Crippen LogP contribution is -2.24. The molecule has 0 atom stereocenters. The van der Waals surface area contributed by atoms with Crippen LogP contribution in [0.15, 0.2) is 94.3 Å². The molecule has 2 amide bonds. The molecule has 3 rings (SSSR count). The predicted octanol–water partition coefficient (Wildman–Crippen LogP) is 4.65. The number of azo groups is 1. The van der Waals surface area contributed by atoms with Crippen molar-refractivity contribution in [3.63, 3.8) is 0 Å². The topological polar surface area (TPSA) is 91.1 Å². The predicted molar refractivity (Wildman–Crippen MR) is 101 cm³/mol. The van der Waals surface area contributed by atoms with Crippen molar-refractivity contribution in [2.75, 3.05) is 5.32 Å². The number of amides is 2. The van der Waals surface area contributed by atoms with E-state index in [0.717, 1.165) is 5.69 Å². The first-order valence-electron chi connectivity index (χ1n) is 7.87. The first-order valence-corrected chi connectivity index (χ1v) is 7.87. The molecule has 0 saturated heterocycles. The molecule has 128 valence electrons. The van der Waals surface area contributed by atoms with E-state index in [2.05, 4.69) is 31.1 Å². The maximum atomic E-state index is 11.8. The third-order valence-electron chi connectivity index (χ3n) is 3.21. The fourth-order valence-corrected chi connectivity index (χ4v) is 1.99. The fourth-order valence-electron chi connectivity index (χ4n) is 1.99. The highest BCUT2D eigenvalue weighted by Gasteiger charge is 2.00. The van der Waals surface area contributed by atoms with E-state index in [1.54, 1.807) is 42.6 Å². The van der Waals surface area contributed by atoms with Crippen LogP contribution in [0.2, 0.25) is 0 Å². The normalized spacial score (nSPS) is 10.9. The number of nitrogens with zero attached hydrogens (tertiary/aromatic N) is 4. The van der Waals surface area contributed by atoms with Crippen molar-refractivity contribution in [2.24, 2.45) is 15.3 Å². The molecule has 7 nitrogen and oxygen atoms in total. The van der Waals surface area contributed by atoms with E-state index >= 15 is 0 Å². The van der Waals surface area contributed by atoms with Gasteiger partial charge in [-0.1, -0.05) is 24.3 Å². The smallest absolute Gasteiger partial charge is 0.307 e. The van der Waals surface area contributed by atoms with Crippen LogP contribution < -0.4 is 10.7 Å². The number of carbonyl (C=O) groups is 1. The van der Waals surface area contributed by atoms with Gasteiger partial charge in [-0.3, -0.25) is 4.98 Å². The zero-order chi connectivity index (χ0) is 18.0. The molecule has 0 radical (unpaired) electrons. The number of pyridine rings is 1. The molecule has 7 heteroatoms. The second-order valence-corrected chi connectivity index (χ2v) is 5.16. The number of urea groups is 1. The molecule has 3 aromatic rings. The summed E-state index contributed by atoms with van der Waals surface area (Å²) in [4.78, 5) is 15.9. The quantitative estimate of drug-likeness (QED) is 0.400. The van der Waals surface area contributed by atoms with Gasteiger partial charge in [0, 0.05) is 11.9 Å². The first-order chi connectivity index (χ1) is 12.8. The minimum atomic E-state index is -0.448. The van der Waals surface area contributed by atoms with Crippen LogP contribution in [0.25, 0.3) is 0 Å². The van der Waals surface area contributed by atoms with Crippen LogP contribution in [-0.2, 0) is 0 Å². The molecule has 0 aliphatic carbocycles. The lowest BCUT2D eigenvalue weighted by atomic mass is 10.3. The molecular weight excluding hydrogens is 328 g/mol. The number of hydrogen-bond donors (Lipinski definition) is 2. The Balaban J connectivity index is 1.51. The van der Waals surface area contributed by atoms with E-state index in [9.17, 15) is 4.79 Å². The van der Waals surface area contributed by atoms with Crippen LogP contribution in [0.5, 0.6) is 0 Å². The number of hydrogen-bond acceptors (Lipinski definition) is 5. The van der Waals surface area contributed by atoms with Gasteiger partial charge in [-0.2, -0.15) is 15.3 Å². The highest BCUT2D eigenvalue weighted by atomic mass is 16.2. The molecule has 2 N–H and O–H groups in total. The van der Waals surface area contributed by atoms with Crippen LogP contribution in [0.4, 0.5) is 21.9 Å². The molecule has 0 aliphatic rings. The molecule has 0 saturated carbocycles. The van der Waals surface area contributed by atoms with Crippen LogP contribution in [-0.4, -0.2) is 17.2 Å². The van der Waals surface area contributed by atoms with Crippen LogP contribution >= 0.6 is 0 Å². The van der Waals surface area contributed by atoms with E-state index < -0.39 is 6.03 Å². The molecule has 0 unspecified atom stereocenters. The molecule has 0 bridgehead atoms. The van der Waals surface area contributed by atoms with Gasteiger partial charge in [0.25, 0.3) is 0 Å².